The summed E-state index contributed by atoms with van der Waals surface area (Å²) in [6, 6.07) is 17.4. The Kier molecular flexibility index (Phi) is 3.40. The van der Waals surface area contributed by atoms with Crippen molar-refractivity contribution in [2.45, 2.75) is 0 Å². The van der Waals surface area contributed by atoms with Gasteiger partial charge in [-0.1, -0.05) is 36.4 Å². The van der Waals surface area contributed by atoms with Crippen LogP contribution in [0.2, 0.25) is 0 Å². The average molecular weight is 286 g/mol. The van der Waals surface area contributed by atoms with Crippen molar-refractivity contribution in [3.05, 3.63) is 54.6 Å². The fourth-order valence-electron chi connectivity index (χ4n) is 2.18. The van der Waals surface area contributed by atoms with Gasteiger partial charge in [-0.2, -0.15) is 0 Å². The maximum atomic E-state index is 11.4. The third kappa shape index (κ3) is 2.38. The molecule has 0 saturated heterocycles. The molecule has 100 valence electrons. The van der Waals surface area contributed by atoms with Gasteiger partial charge in [0.25, 0.3) is 6.47 Å². The maximum Gasteiger partial charge on any atom is 0.420 e. The minimum atomic E-state index is -2.85. The fraction of sp³-hybridized carbons (Fsp3) is 0. The van der Waals surface area contributed by atoms with E-state index in [9.17, 15) is 9.36 Å². The number of benzene rings is 3. The van der Waals surface area contributed by atoms with Crippen molar-refractivity contribution in [1.82, 2.24) is 0 Å². The molecular weight excluding hydrogens is 275 g/mol. The topological polar surface area (TPSA) is 52.6 Å². The molecule has 3 aromatic carbocycles. The summed E-state index contributed by atoms with van der Waals surface area (Å²) in [4.78, 5) is 10.2. The van der Waals surface area contributed by atoms with Gasteiger partial charge in [0.05, 0.1) is 0 Å². The predicted octanol–water partition coefficient (Wildman–Crippen LogP) is 3.93. The summed E-state index contributed by atoms with van der Waals surface area (Å²) in [6.07, 6.45) is 0. The summed E-state index contributed by atoms with van der Waals surface area (Å²) < 4.78 is 21.0. The quantitative estimate of drug-likeness (QED) is 0.414. The van der Waals surface area contributed by atoms with Gasteiger partial charge < -0.3 is 9.05 Å². The average Bonchev–Trinajstić information content (AvgIpc) is 2.46. The molecular formula is C15H11O4P. The van der Waals surface area contributed by atoms with Gasteiger partial charge >= 0.3 is 8.25 Å². The molecule has 0 N–H and O–H groups in total. The Morgan fingerprint density at radius 1 is 0.900 bits per heavy atom. The highest BCUT2D eigenvalue weighted by Gasteiger charge is 2.07. The first-order valence-electron chi connectivity index (χ1n) is 6.01. The van der Waals surface area contributed by atoms with Crippen molar-refractivity contribution < 1.29 is 18.4 Å². The molecule has 1 unspecified atom stereocenters. The van der Waals surface area contributed by atoms with Crippen molar-refractivity contribution in [3.8, 4) is 5.75 Å². The van der Waals surface area contributed by atoms with E-state index in [0.717, 1.165) is 21.5 Å². The van der Waals surface area contributed by atoms with Gasteiger partial charge in [-0.3, -0.25) is 4.79 Å². The first kappa shape index (κ1) is 12.7. The zero-order valence-electron chi connectivity index (χ0n) is 10.4. The van der Waals surface area contributed by atoms with Gasteiger partial charge in [0.1, 0.15) is 5.75 Å². The number of carbonyl (C=O) groups is 1. The first-order valence-corrected chi connectivity index (χ1v) is 7.24. The smallest absolute Gasteiger partial charge is 0.417 e. The van der Waals surface area contributed by atoms with E-state index in [1.165, 1.54) is 0 Å². The standard InChI is InChI=1S/C15H11O4P/c16-10-18-20(17)19-15-7-3-6-13-8-11-4-1-2-5-12(11)9-14(13)15/h1-10,20H. The van der Waals surface area contributed by atoms with Crippen LogP contribution in [0.4, 0.5) is 0 Å². The van der Waals surface area contributed by atoms with Crippen LogP contribution in [0.5, 0.6) is 5.75 Å². The highest BCUT2D eigenvalue weighted by atomic mass is 31.1. The molecule has 0 heterocycles. The third-order valence-electron chi connectivity index (χ3n) is 3.04. The summed E-state index contributed by atoms with van der Waals surface area (Å²) in [5, 5.41) is 3.99. The van der Waals surface area contributed by atoms with Gasteiger partial charge in [0.15, 0.2) is 0 Å². The number of carbonyl (C=O) groups excluding carboxylic acids is 1. The second-order valence-electron chi connectivity index (χ2n) is 4.24. The van der Waals surface area contributed by atoms with Crippen LogP contribution in [0.3, 0.4) is 0 Å². The zero-order chi connectivity index (χ0) is 13.9. The second-order valence-corrected chi connectivity index (χ2v) is 5.18. The van der Waals surface area contributed by atoms with Crippen molar-refractivity contribution in [2.75, 3.05) is 0 Å². The van der Waals surface area contributed by atoms with Crippen LogP contribution in [-0.4, -0.2) is 6.47 Å². The van der Waals surface area contributed by atoms with Crippen LogP contribution >= 0.6 is 8.25 Å². The lowest BCUT2D eigenvalue weighted by atomic mass is 10.0. The lowest BCUT2D eigenvalue weighted by Gasteiger charge is -2.09. The second kappa shape index (κ2) is 5.35. The van der Waals surface area contributed by atoms with E-state index < -0.39 is 8.25 Å². The molecule has 3 aromatic rings. The Morgan fingerprint density at radius 2 is 1.60 bits per heavy atom. The molecule has 3 rings (SSSR count). The first-order chi connectivity index (χ1) is 9.78. The van der Waals surface area contributed by atoms with E-state index in [0.29, 0.717) is 5.75 Å². The van der Waals surface area contributed by atoms with E-state index in [4.69, 9.17) is 4.52 Å². The molecule has 0 aliphatic carbocycles. The van der Waals surface area contributed by atoms with Crippen molar-refractivity contribution in [1.29, 1.82) is 0 Å². The molecule has 0 fully saturated rings. The van der Waals surface area contributed by atoms with Crippen LogP contribution < -0.4 is 4.52 Å². The highest BCUT2D eigenvalue weighted by Crippen LogP contribution is 2.35. The Balaban J connectivity index is 2.15. The van der Waals surface area contributed by atoms with Crippen molar-refractivity contribution >= 4 is 36.3 Å². The molecule has 1 atom stereocenters. The summed E-state index contributed by atoms with van der Waals surface area (Å²) in [5.41, 5.74) is 0. The maximum absolute atomic E-state index is 11.4. The predicted molar refractivity (Wildman–Crippen MR) is 78.2 cm³/mol. The van der Waals surface area contributed by atoms with Crippen LogP contribution in [0.1, 0.15) is 0 Å². The third-order valence-corrected chi connectivity index (χ3v) is 3.72. The zero-order valence-corrected chi connectivity index (χ0v) is 11.4. The Labute approximate surface area is 115 Å². The van der Waals surface area contributed by atoms with E-state index in [1.807, 2.05) is 48.5 Å². The van der Waals surface area contributed by atoms with Crippen LogP contribution in [-0.2, 0) is 13.9 Å². The van der Waals surface area contributed by atoms with Crippen LogP contribution in [0, 0.1) is 0 Å². The van der Waals surface area contributed by atoms with Crippen molar-refractivity contribution in [3.63, 3.8) is 0 Å². The van der Waals surface area contributed by atoms with Crippen LogP contribution in [0.15, 0.2) is 54.6 Å². The van der Waals surface area contributed by atoms with Gasteiger partial charge in [0.2, 0.25) is 0 Å². The number of rotatable bonds is 4. The Morgan fingerprint density at radius 3 is 2.35 bits per heavy atom. The largest absolute Gasteiger partial charge is 0.420 e. The van der Waals surface area contributed by atoms with Crippen molar-refractivity contribution in [2.24, 2.45) is 0 Å². The molecule has 0 amide bonds. The molecule has 0 spiro atoms. The van der Waals surface area contributed by atoms with E-state index in [-0.39, 0.29) is 6.47 Å². The lowest BCUT2D eigenvalue weighted by Crippen LogP contribution is -1.86. The lowest BCUT2D eigenvalue weighted by molar-refractivity contribution is -0.120. The summed E-state index contributed by atoms with van der Waals surface area (Å²) in [5.74, 6) is 0.444. The van der Waals surface area contributed by atoms with Gasteiger partial charge in [-0.15, -0.1) is 0 Å². The molecule has 5 heteroatoms. The van der Waals surface area contributed by atoms with Crippen LogP contribution in [0.25, 0.3) is 21.5 Å². The minimum Gasteiger partial charge on any atom is -0.417 e. The summed E-state index contributed by atoms with van der Waals surface area (Å²) in [7, 11) is -2.85. The molecule has 0 aliphatic rings. The molecule has 0 saturated carbocycles. The molecule has 0 aliphatic heterocycles. The molecule has 0 bridgehead atoms. The number of fused-ring (bicyclic) bond motifs is 2. The number of hydrogen-bond donors (Lipinski definition) is 0. The highest BCUT2D eigenvalue weighted by molar-refractivity contribution is 7.34. The number of hydrogen-bond acceptors (Lipinski definition) is 4. The van der Waals surface area contributed by atoms with E-state index in [1.54, 1.807) is 6.07 Å². The molecule has 4 nitrogen and oxygen atoms in total. The molecule has 0 aromatic heterocycles. The summed E-state index contributed by atoms with van der Waals surface area (Å²) >= 11 is 0. The van der Waals surface area contributed by atoms with E-state index >= 15 is 0 Å². The Bertz CT molecular complexity index is 813. The van der Waals surface area contributed by atoms with Gasteiger partial charge in [-0.05, 0) is 34.4 Å². The van der Waals surface area contributed by atoms with Gasteiger partial charge in [-0.25, -0.2) is 4.57 Å². The monoisotopic (exact) mass is 286 g/mol. The molecule has 20 heavy (non-hydrogen) atoms. The van der Waals surface area contributed by atoms with Gasteiger partial charge in [0, 0.05) is 5.39 Å². The summed E-state index contributed by atoms with van der Waals surface area (Å²) in [6.45, 7) is 0.127. The minimum absolute atomic E-state index is 0.127. The van der Waals surface area contributed by atoms with E-state index in [2.05, 4.69) is 4.52 Å². The molecule has 0 radical (unpaired) electrons. The SMILES string of the molecule is O=CO[PH](=O)Oc1cccc2cc3ccccc3cc12. The fourth-order valence-corrected chi connectivity index (χ4v) is 2.66. The normalized spacial score (nSPS) is 12.2. The Hall–Kier alpha value is -2.32.